The van der Waals surface area contributed by atoms with Crippen molar-refractivity contribution in [3.8, 4) is 0 Å². The van der Waals surface area contributed by atoms with Gasteiger partial charge in [0.2, 0.25) is 11.8 Å². The molecule has 0 aromatic heterocycles. The molecule has 0 spiro atoms. The first-order chi connectivity index (χ1) is 12.4. The number of imide groups is 1. The molecule has 5 heteroatoms. The summed E-state index contributed by atoms with van der Waals surface area (Å²) >= 11 is 0. The van der Waals surface area contributed by atoms with Crippen LogP contribution in [-0.4, -0.2) is 45.6 Å². The van der Waals surface area contributed by atoms with Gasteiger partial charge in [0.15, 0.2) is 0 Å². The number of piperidine rings is 1. The van der Waals surface area contributed by atoms with E-state index in [1.807, 2.05) is 25.7 Å². The highest BCUT2D eigenvalue weighted by atomic mass is 16.2. The van der Waals surface area contributed by atoms with Crippen molar-refractivity contribution in [2.75, 3.05) is 0 Å². The monoisotopic (exact) mass is 354 g/mol. The topological polar surface area (TPSA) is 57.7 Å². The second-order valence-corrected chi connectivity index (χ2v) is 8.15. The summed E-state index contributed by atoms with van der Waals surface area (Å²) < 4.78 is 0. The molecule has 1 aromatic rings. The largest absolute Gasteiger partial charge is 0.333 e. The first-order valence-corrected chi connectivity index (χ1v) is 9.62. The van der Waals surface area contributed by atoms with Crippen molar-refractivity contribution in [2.45, 2.75) is 77.4 Å². The lowest BCUT2D eigenvalue weighted by Crippen LogP contribution is -2.53. The smallest absolute Gasteiger partial charge is 0.254 e. The van der Waals surface area contributed by atoms with Crippen molar-refractivity contribution in [1.82, 2.24) is 9.80 Å². The first kappa shape index (κ1) is 17.3. The summed E-state index contributed by atoms with van der Waals surface area (Å²) in [5.74, 6) is 0.0406. The van der Waals surface area contributed by atoms with Crippen molar-refractivity contribution in [1.29, 1.82) is 0 Å². The lowest BCUT2D eigenvalue weighted by molar-refractivity contribution is -0.142. The molecule has 2 unspecified atom stereocenters. The van der Waals surface area contributed by atoms with Gasteiger partial charge in [0.05, 0.1) is 0 Å². The second kappa shape index (κ2) is 6.22. The zero-order chi connectivity index (χ0) is 18.6. The molecule has 0 saturated carbocycles. The zero-order valence-corrected chi connectivity index (χ0v) is 15.7. The van der Waals surface area contributed by atoms with Gasteiger partial charge in [0, 0.05) is 36.5 Å². The van der Waals surface area contributed by atoms with Crippen LogP contribution in [0.4, 0.5) is 0 Å². The Morgan fingerprint density at radius 2 is 1.38 bits per heavy atom. The van der Waals surface area contributed by atoms with E-state index in [1.54, 1.807) is 0 Å². The molecule has 2 atom stereocenters. The first-order valence-electron chi connectivity index (χ1n) is 9.62. The maximum Gasteiger partial charge on any atom is 0.254 e. The van der Waals surface area contributed by atoms with Gasteiger partial charge in [0.1, 0.15) is 0 Å². The average Bonchev–Trinajstić information content (AvgIpc) is 3.02. The van der Waals surface area contributed by atoms with Crippen LogP contribution in [0.3, 0.4) is 0 Å². The number of carbonyl (C=O) groups excluding carboxylic acids is 3. The summed E-state index contributed by atoms with van der Waals surface area (Å²) in [4.78, 5) is 41.1. The number of likely N-dealkylation sites (tertiary alicyclic amines) is 1. The average molecular weight is 354 g/mol. The number of amides is 3. The van der Waals surface area contributed by atoms with Crippen molar-refractivity contribution >= 4 is 17.7 Å². The van der Waals surface area contributed by atoms with Crippen molar-refractivity contribution < 1.29 is 14.4 Å². The minimum Gasteiger partial charge on any atom is -0.333 e. The fourth-order valence-corrected chi connectivity index (χ4v) is 5.34. The molecule has 0 radical (unpaired) electrons. The molecule has 1 aromatic carbocycles. The molecule has 3 amide bonds. The Morgan fingerprint density at radius 3 is 1.88 bits per heavy atom. The number of hydrogen-bond acceptors (Lipinski definition) is 3. The van der Waals surface area contributed by atoms with Gasteiger partial charge in [-0.15, -0.1) is 0 Å². The van der Waals surface area contributed by atoms with Crippen LogP contribution in [0.15, 0.2) is 12.1 Å². The summed E-state index contributed by atoms with van der Waals surface area (Å²) in [5.41, 5.74) is 4.04. The van der Waals surface area contributed by atoms with Gasteiger partial charge in [-0.25, -0.2) is 0 Å². The minimum atomic E-state index is -0.0376. The molecule has 0 N–H and O–H groups in total. The van der Waals surface area contributed by atoms with Crippen molar-refractivity contribution in [3.63, 3.8) is 0 Å². The maximum absolute atomic E-state index is 13.3. The van der Waals surface area contributed by atoms with Gasteiger partial charge in [0.25, 0.3) is 5.91 Å². The van der Waals surface area contributed by atoms with E-state index in [1.165, 1.54) is 10.5 Å². The Hall–Kier alpha value is -2.17. The molecule has 4 rings (SSSR count). The fourth-order valence-electron chi connectivity index (χ4n) is 5.34. The lowest BCUT2D eigenvalue weighted by atomic mass is 9.93. The van der Waals surface area contributed by atoms with E-state index in [9.17, 15) is 14.4 Å². The van der Waals surface area contributed by atoms with Gasteiger partial charge in [-0.1, -0.05) is 17.7 Å². The van der Waals surface area contributed by atoms with Crippen LogP contribution < -0.4 is 0 Å². The van der Waals surface area contributed by atoms with Crippen molar-refractivity contribution in [2.24, 2.45) is 0 Å². The van der Waals surface area contributed by atoms with Crippen LogP contribution in [0.25, 0.3) is 0 Å². The van der Waals surface area contributed by atoms with Crippen LogP contribution in [0.1, 0.15) is 65.6 Å². The molecular formula is C21H26N2O3. The van der Waals surface area contributed by atoms with E-state index in [0.29, 0.717) is 12.8 Å². The summed E-state index contributed by atoms with van der Waals surface area (Å²) in [6.45, 7) is 6.06. The molecule has 3 saturated heterocycles. The molecule has 3 aliphatic heterocycles. The van der Waals surface area contributed by atoms with E-state index in [4.69, 9.17) is 0 Å². The molecule has 2 bridgehead atoms. The summed E-state index contributed by atoms with van der Waals surface area (Å²) in [7, 11) is 0. The van der Waals surface area contributed by atoms with Gasteiger partial charge in [-0.3, -0.25) is 19.3 Å². The number of hydrogen-bond donors (Lipinski definition) is 0. The number of fused-ring (bicyclic) bond motifs is 2. The van der Waals surface area contributed by atoms with Crippen LogP contribution in [-0.2, 0) is 9.59 Å². The SMILES string of the molecule is Cc1cc(C)c(C(=O)N2C3CCC2CC(N2C(=O)CCC2=O)C3)c(C)c1. The van der Waals surface area contributed by atoms with Crippen LogP contribution in [0.2, 0.25) is 0 Å². The Balaban J connectivity index is 1.58. The van der Waals surface area contributed by atoms with Crippen LogP contribution >= 0.6 is 0 Å². The number of nitrogens with zero attached hydrogens (tertiary/aromatic N) is 2. The minimum absolute atomic E-state index is 0.0285. The third-order valence-electron chi connectivity index (χ3n) is 6.29. The van der Waals surface area contributed by atoms with E-state index < -0.39 is 0 Å². The predicted octanol–water partition coefficient (Wildman–Crippen LogP) is 2.90. The summed E-state index contributed by atoms with van der Waals surface area (Å²) in [6, 6.07) is 4.37. The van der Waals surface area contributed by atoms with E-state index in [-0.39, 0.29) is 35.8 Å². The summed E-state index contributed by atoms with van der Waals surface area (Å²) in [5, 5.41) is 0. The maximum atomic E-state index is 13.3. The van der Waals surface area contributed by atoms with E-state index >= 15 is 0 Å². The fraction of sp³-hybridized carbons (Fsp3) is 0.571. The Morgan fingerprint density at radius 1 is 0.885 bits per heavy atom. The van der Waals surface area contributed by atoms with Crippen molar-refractivity contribution in [3.05, 3.63) is 34.4 Å². The molecule has 5 nitrogen and oxygen atoms in total. The third kappa shape index (κ3) is 2.65. The van der Waals surface area contributed by atoms with Crippen LogP contribution in [0, 0.1) is 20.8 Å². The molecule has 3 fully saturated rings. The van der Waals surface area contributed by atoms with Gasteiger partial charge in [-0.05, 0) is 57.6 Å². The second-order valence-electron chi connectivity index (χ2n) is 8.15. The Labute approximate surface area is 154 Å². The molecule has 3 heterocycles. The molecule has 3 aliphatic rings. The standard InChI is InChI=1S/C21H26N2O3/c1-12-8-13(2)20(14(3)9-12)21(26)22-15-4-5-16(22)11-17(10-15)23-18(24)6-7-19(23)25/h8-9,15-17H,4-7,10-11H2,1-3H3. The number of rotatable bonds is 2. The molecular weight excluding hydrogens is 328 g/mol. The highest BCUT2D eigenvalue weighted by Gasteiger charge is 2.48. The highest BCUT2D eigenvalue weighted by molar-refractivity contribution is 6.02. The van der Waals surface area contributed by atoms with Gasteiger partial charge >= 0.3 is 0 Å². The number of benzene rings is 1. The normalized spacial score (nSPS) is 28.2. The highest BCUT2D eigenvalue weighted by Crippen LogP contribution is 2.40. The molecule has 138 valence electrons. The number of aryl methyl sites for hydroxylation is 3. The Kier molecular flexibility index (Phi) is 4.13. The number of carbonyl (C=O) groups is 3. The zero-order valence-electron chi connectivity index (χ0n) is 15.7. The van der Waals surface area contributed by atoms with Gasteiger partial charge in [-0.2, -0.15) is 0 Å². The predicted molar refractivity (Wildman–Crippen MR) is 97.7 cm³/mol. The molecule has 26 heavy (non-hydrogen) atoms. The van der Waals surface area contributed by atoms with Gasteiger partial charge < -0.3 is 4.90 Å². The third-order valence-corrected chi connectivity index (χ3v) is 6.29. The lowest BCUT2D eigenvalue weighted by Gasteiger charge is -2.42. The quantitative estimate of drug-likeness (QED) is 0.768. The summed E-state index contributed by atoms with van der Waals surface area (Å²) in [6.07, 6.45) is 4.07. The van der Waals surface area contributed by atoms with Crippen LogP contribution in [0.5, 0.6) is 0 Å². The Bertz CT molecular complexity index is 747. The molecule has 0 aliphatic carbocycles. The van der Waals surface area contributed by atoms with E-state index in [2.05, 4.69) is 12.1 Å². The van der Waals surface area contributed by atoms with E-state index in [0.717, 1.165) is 42.4 Å².